The summed E-state index contributed by atoms with van der Waals surface area (Å²) < 4.78 is 1.82. The van der Waals surface area contributed by atoms with Crippen LogP contribution in [0.1, 0.15) is 33.1 Å². The van der Waals surface area contributed by atoms with Crippen LogP contribution in [0.4, 0.5) is 0 Å². The maximum Gasteiger partial charge on any atom is 0.305 e. The predicted molar refractivity (Wildman–Crippen MR) is 109 cm³/mol. The van der Waals surface area contributed by atoms with Gasteiger partial charge in [-0.1, -0.05) is 38.1 Å². The number of carboxylic acid groups (broad SMARTS) is 1. The van der Waals surface area contributed by atoms with Gasteiger partial charge in [0.1, 0.15) is 6.54 Å². The number of carboxylic acids is 1. The second-order valence-electron chi connectivity index (χ2n) is 7.06. The number of aliphatic carboxylic acids is 1. The van der Waals surface area contributed by atoms with Gasteiger partial charge in [-0.05, 0) is 37.1 Å². The predicted octanol–water partition coefficient (Wildman–Crippen LogP) is 3.30. The fourth-order valence-corrected chi connectivity index (χ4v) is 3.74. The molecule has 0 unspecified atom stereocenters. The lowest BCUT2D eigenvalue weighted by molar-refractivity contribution is -0.139. The van der Waals surface area contributed by atoms with Gasteiger partial charge < -0.3 is 15.0 Å². The van der Waals surface area contributed by atoms with E-state index in [-0.39, 0.29) is 24.3 Å². The molecule has 0 fully saturated rings. The van der Waals surface area contributed by atoms with Crippen molar-refractivity contribution in [2.45, 2.75) is 45.2 Å². The number of aromatic nitrogens is 1. The molecule has 3 aromatic rings. The molecule has 28 heavy (non-hydrogen) atoms. The molecule has 0 spiro atoms. The molecule has 0 atom stereocenters. The van der Waals surface area contributed by atoms with Crippen molar-refractivity contribution in [2.24, 2.45) is 0 Å². The van der Waals surface area contributed by atoms with E-state index in [9.17, 15) is 19.5 Å². The first-order valence-corrected chi connectivity index (χ1v) is 9.44. The first kappa shape index (κ1) is 19.6. The van der Waals surface area contributed by atoms with Crippen LogP contribution in [0.15, 0.2) is 53.3 Å². The van der Waals surface area contributed by atoms with Crippen molar-refractivity contribution < 1.29 is 14.7 Å². The number of nitrogens with zero attached hydrogens (tertiary/aromatic N) is 1. The molecular weight excluding hydrogens is 356 g/mol. The number of pyridine rings is 1. The highest BCUT2D eigenvalue weighted by Crippen LogP contribution is 2.22. The van der Waals surface area contributed by atoms with Crippen LogP contribution in [0.5, 0.6) is 0 Å². The summed E-state index contributed by atoms with van der Waals surface area (Å²) in [6.07, 6.45) is 0.914. The minimum absolute atomic E-state index is 0.00265. The monoisotopic (exact) mass is 380 g/mol. The normalized spacial score (nSPS) is 11.6. The zero-order valence-electron chi connectivity index (χ0n) is 16.1. The third-order valence-electron chi connectivity index (χ3n) is 5.43. The van der Waals surface area contributed by atoms with Gasteiger partial charge in [-0.15, -0.1) is 0 Å². The Morgan fingerprint density at radius 2 is 1.46 bits per heavy atom. The molecule has 2 aromatic carbocycles. The zero-order chi connectivity index (χ0) is 20.3. The lowest BCUT2D eigenvalue weighted by Gasteiger charge is -2.31. The fraction of sp³-hybridized carbons (Fsp3) is 0.318. The number of para-hydroxylation sites is 2. The van der Waals surface area contributed by atoms with Crippen LogP contribution in [0.25, 0.3) is 21.8 Å². The van der Waals surface area contributed by atoms with Crippen molar-refractivity contribution in [3.8, 4) is 0 Å². The first-order valence-electron chi connectivity index (χ1n) is 9.44. The van der Waals surface area contributed by atoms with Gasteiger partial charge in [0.2, 0.25) is 5.91 Å². The summed E-state index contributed by atoms with van der Waals surface area (Å²) in [6, 6.07) is 14.4. The SMILES string of the molecule is CCC(CC)(CC(=O)O)NC(=O)Cn1c2ccccc2c(=O)c2ccccc21. The van der Waals surface area contributed by atoms with E-state index in [1.54, 1.807) is 24.3 Å². The van der Waals surface area contributed by atoms with Crippen LogP contribution in [0.3, 0.4) is 0 Å². The summed E-state index contributed by atoms with van der Waals surface area (Å²) in [7, 11) is 0. The van der Waals surface area contributed by atoms with Crippen LogP contribution in [-0.4, -0.2) is 27.1 Å². The third-order valence-corrected chi connectivity index (χ3v) is 5.43. The van der Waals surface area contributed by atoms with E-state index >= 15 is 0 Å². The Hall–Kier alpha value is -3.15. The number of hydrogen-bond donors (Lipinski definition) is 2. The summed E-state index contributed by atoms with van der Waals surface area (Å²) in [4.78, 5) is 37.0. The molecule has 6 heteroatoms. The van der Waals surface area contributed by atoms with Crippen molar-refractivity contribution in [3.05, 3.63) is 58.8 Å². The maximum absolute atomic E-state index is 12.9. The Labute approximate surface area is 162 Å². The minimum atomic E-state index is -0.941. The van der Waals surface area contributed by atoms with Crippen LogP contribution in [0, 0.1) is 0 Å². The van der Waals surface area contributed by atoms with Crippen molar-refractivity contribution in [2.75, 3.05) is 0 Å². The van der Waals surface area contributed by atoms with Gasteiger partial charge in [0.15, 0.2) is 5.43 Å². The molecule has 0 saturated carbocycles. The van der Waals surface area contributed by atoms with Crippen LogP contribution >= 0.6 is 0 Å². The summed E-state index contributed by atoms with van der Waals surface area (Å²) >= 11 is 0. The summed E-state index contributed by atoms with van der Waals surface area (Å²) in [5.74, 6) is -1.22. The van der Waals surface area contributed by atoms with E-state index in [4.69, 9.17) is 0 Å². The van der Waals surface area contributed by atoms with Gasteiger partial charge >= 0.3 is 5.97 Å². The summed E-state index contributed by atoms with van der Waals surface area (Å²) in [5.41, 5.74) is 0.509. The van der Waals surface area contributed by atoms with E-state index < -0.39 is 11.5 Å². The Morgan fingerprint density at radius 1 is 0.964 bits per heavy atom. The number of amides is 1. The van der Waals surface area contributed by atoms with E-state index in [2.05, 4.69) is 5.32 Å². The highest BCUT2D eigenvalue weighted by molar-refractivity contribution is 5.95. The number of hydrogen-bond acceptors (Lipinski definition) is 3. The van der Waals surface area contributed by atoms with E-state index in [0.717, 1.165) is 0 Å². The maximum atomic E-state index is 12.9. The number of rotatable bonds is 7. The highest BCUT2D eigenvalue weighted by Gasteiger charge is 2.31. The van der Waals surface area contributed by atoms with Crippen molar-refractivity contribution in [3.63, 3.8) is 0 Å². The first-order chi connectivity index (χ1) is 13.4. The molecule has 2 N–H and O–H groups in total. The average Bonchev–Trinajstić information content (AvgIpc) is 2.70. The second kappa shape index (κ2) is 7.84. The Bertz CT molecular complexity index is 1040. The van der Waals surface area contributed by atoms with Gasteiger partial charge in [-0.3, -0.25) is 14.4 Å². The van der Waals surface area contributed by atoms with Gasteiger partial charge in [-0.25, -0.2) is 0 Å². The number of carbonyl (C=O) groups is 2. The van der Waals surface area contributed by atoms with Crippen molar-refractivity contribution in [1.29, 1.82) is 0 Å². The van der Waals surface area contributed by atoms with Gasteiger partial charge in [0.05, 0.1) is 23.0 Å². The summed E-state index contributed by atoms with van der Waals surface area (Å²) in [6.45, 7) is 3.75. The number of fused-ring (bicyclic) bond motifs is 2. The van der Waals surface area contributed by atoms with Crippen molar-refractivity contribution in [1.82, 2.24) is 9.88 Å². The number of nitrogens with one attached hydrogen (secondary N) is 1. The van der Waals surface area contributed by atoms with Crippen LogP contribution in [0.2, 0.25) is 0 Å². The average molecular weight is 380 g/mol. The Kier molecular flexibility index (Phi) is 5.49. The molecule has 1 aromatic heterocycles. The van der Waals surface area contributed by atoms with Gasteiger partial charge in [0.25, 0.3) is 0 Å². The molecule has 3 rings (SSSR count). The van der Waals surface area contributed by atoms with Crippen LogP contribution in [-0.2, 0) is 16.1 Å². The molecule has 0 bridgehead atoms. The molecule has 1 amide bonds. The van der Waals surface area contributed by atoms with Gasteiger partial charge in [0, 0.05) is 10.8 Å². The topological polar surface area (TPSA) is 88.4 Å². The third kappa shape index (κ3) is 3.63. The lowest BCUT2D eigenvalue weighted by atomic mass is 9.89. The van der Waals surface area contributed by atoms with Crippen molar-refractivity contribution >= 4 is 33.7 Å². The zero-order valence-corrected chi connectivity index (χ0v) is 16.1. The molecule has 146 valence electrons. The largest absolute Gasteiger partial charge is 0.481 e. The molecule has 0 aliphatic rings. The van der Waals surface area contributed by atoms with E-state index in [1.165, 1.54) is 0 Å². The smallest absolute Gasteiger partial charge is 0.305 e. The molecule has 0 aliphatic heterocycles. The van der Waals surface area contributed by atoms with Crippen LogP contribution < -0.4 is 10.7 Å². The number of benzene rings is 2. The van der Waals surface area contributed by atoms with E-state index in [0.29, 0.717) is 34.6 Å². The van der Waals surface area contributed by atoms with Gasteiger partial charge in [-0.2, -0.15) is 0 Å². The molecular formula is C22H24N2O4. The van der Waals surface area contributed by atoms with E-state index in [1.807, 2.05) is 42.7 Å². The standard InChI is InChI=1S/C22H24N2O4/c1-3-22(4-2,13-20(26)27)23-19(25)14-24-17-11-7-5-9-15(17)21(28)16-10-6-8-12-18(16)24/h5-12H,3-4,13-14H2,1-2H3,(H,23,25)(H,26,27). The quantitative estimate of drug-likeness (QED) is 0.616. The second-order valence-corrected chi connectivity index (χ2v) is 7.06. The summed E-state index contributed by atoms with van der Waals surface area (Å²) in [5, 5.41) is 13.3. The highest BCUT2D eigenvalue weighted by atomic mass is 16.4. The molecule has 0 radical (unpaired) electrons. The molecule has 1 heterocycles. The molecule has 6 nitrogen and oxygen atoms in total. The number of carbonyl (C=O) groups excluding carboxylic acids is 1. The minimum Gasteiger partial charge on any atom is -0.481 e. The fourth-order valence-electron chi connectivity index (χ4n) is 3.74. The molecule has 0 saturated heterocycles. The Morgan fingerprint density at radius 3 is 1.93 bits per heavy atom. The lowest BCUT2D eigenvalue weighted by Crippen LogP contribution is -2.50. The Balaban J connectivity index is 2.06. The molecule has 0 aliphatic carbocycles.